The van der Waals surface area contributed by atoms with Crippen LogP contribution in [-0.4, -0.2) is 143 Å². The number of azo groups is 1. The minimum atomic E-state index is -5.40. The fourth-order valence-electron chi connectivity index (χ4n) is 10.8. The topological polar surface area (TPSA) is 639 Å². The van der Waals surface area contributed by atoms with E-state index >= 15 is 0 Å². The normalized spacial score (nSPS) is 15.0. The van der Waals surface area contributed by atoms with Crippen LogP contribution in [0.25, 0.3) is 0 Å². The summed E-state index contributed by atoms with van der Waals surface area (Å²) >= 11 is 0. The van der Waals surface area contributed by atoms with E-state index in [-0.39, 0.29) is 39.3 Å². The second-order valence-corrected chi connectivity index (χ2v) is 32.0. The molecule has 1 unspecified atom stereocenters. The van der Waals surface area contributed by atoms with Crippen LogP contribution < -0.4 is 43.8 Å². The zero-order valence-electron chi connectivity index (χ0n) is 50.6. The number of fused-ring (bicyclic) bond motifs is 4. The smallest absolute Gasteiger partial charge is 0.397 e. The van der Waals surface area contributed by atoms with Crippen molar-refractivity contribution in [3.05, 3.63) is 183 Å². The van der Waals surface area contributed by atoms with Crippen molar-refractivity contribution in [3.8, 4) is 0 Å². The van der Waals surface area contributed by atoms with Crippen molar-refractivity contribution in [3.63, 3.8) is 0 Å². The molecule has 0 aliphatic heterocycles. The highest BCUT2D eigenvalue weighted by molar-refractivity contribution is 7.91. The maximum atomic E-state index is 14.2. The molecule has 0 spiro atoms. The number of aromatic nitrogens is 3. The van der Waals surface area contributed by atoms with Gasteiger partial charge in [0.1, 0.15) is 25.3 Å². The number of sulfone groups is 1. The SMILES string of the molecule is Nc1cc(Nc2nc(Nc3cc(Nc4cc(S(=O)(=O)O)c(N)c5c4C(=O)c4ccccc4C5=O)ccc3S(=O)(=O)O)nc(NC3CC(Nc4cc(S(=O)(=O)O)c(N)c5c4C(=O)c4ccccc4C5=O)=CC=C3S(=O)(=O)O)n2)c(N=Nc2ccc(S(=O)(=O)CCOS(=O)(=O)O)cc2)cc1S(=O)(=O)O. The molecule has 3 aliphatic rings. The first-order valence-electron chi connectivity index (χ1n) is 28.1. The van der Waals surface area contributed by atoms with Crippen molar-refractivity contribution in [1.82, 2.24) is 15.0 Å². The molecule has 7 aromatic carbocycles. The summed E-state index contributed by atoms with van der Waals surface area (Å²) in [6.07, 6.45) is 1.13. The van der Waals surface area contributed by atoms with Gasteiger partial charge in [0.15, 0.2) is 33.0 Å². The van der Waals surface area contributed by atoms with Gasteiger partial charge in [0.05, 0.1) is 96.0 Å². The lowest BCUT2D eigenvalue weighted by Gasteiger charge is -2.27. The standard InChI is InChI=1S/C57H45N13O25S7/c58-33-21-34(35(22-42(33)99(83,84)85)70-69-25-9-13-28(14-10-25)96(75,76)18-17-95-102(92,93)94)63-55-66-56(64-36-19-26(11-15-40(36)97(77,78)79)61-38-23-43(100(86,87)88)49(59)47-45(38)51(71)29-5-1-3-7-31(29)53(47)73)68-57(67-55)65-37-20-27(12-16-41(37)98(80,81)82)62-39-24-44(101(89,90)91)50(60)48-46(39)52(72)30-6-2-4-8-32(30)54(48)74/h1-16,19,21-24,37,61-62H,17-18,20,58-60H2,(H,77,78,79)(H,80,81,82)(H,83,84,85)(H,86,87,88)(H,89,90,91)(H,92,93,94)(H3,63,64,65,66,67,68). The Balaban J connectivity index is 1.03. The van der Waals surface area contributed by atoms with Crippen molar-refractivity contribution in [2.24, 2.45) is 10.2 Å². The molecule has 0 saturated heterocycles. The van der Waals surface area contributed by atoms with Gasteiger partial charge in [-0.3, -0.25) is 46.5 Å². The summed E-state index contributed by atoms with van der Waals surface area (Å²) in [6.45, 7) is -0.984. The molecule has 3 aliphatic carbocycles. The molecule has 1 aromatic heterocycles. The van der Waals surface area contributed by atoms with Gasteiger partial charge in [-0.15, -0.1) is 5.11 Å². The fraction of sp³-hybridized carbons (Fsp3) is 0.0702. The summed E-state index contributed by atoms with van der Waals surface area (Å²) in [7, 11) is -35.9. The van der Waals surface area contributed by atoms with E-state index in [0.717, 1.165) is 60.7 Å². The highest BCUT2D eigenvalue weighted by Gasteiger charge is 2.40. The number of nitrogens with two attached hydrogens (primary N) is 3. The van der Waals surface area contributed by atoms with E-state index in [4.69, 9.17) is 21.8 Å². The summed E-state index contributed by atoms with van der Waals surface area (Å²) in [4.78, 5) is 63.8. The number of carbonyl (C=O) groups excluding carboxylic acids is 4. The molecule has 0 amide bonds. The summed E-state index contributed by atoms with van der Waals surface area (Å²) in [5, 5.41) is 21.2. The first-order valence-corrected chi connectivity index (χ1v) is 38.3. The molecular formula is C57H45N13O25S7. The highest BCUT2D eigenvalue weighted by Crippen LogP contribution is 2.44. The Kier molecular flexibility index (Phi) is 18.6. The van der Waals surface area contributed by atoms with E-state index in [1.165, 1.54) is 48.5 Å². The van der Waals surface area contributed by atoms with Crippen molar-refractivity contribution in [2.45, 2.75) is 36.9 Å². The summed E-state index contributed by atoms with van der Waals surface area (Å²) in [5.74, 6) is -7.04. The Hall–Kier alpha value is -10.9. The number of nitrogens with one attached hydrogen (secondary N) is 5. The van der Waals surface area contributed by atoms with E-state index < -0.39 is 234 Å². The number of anilines is 11. The van der Waals surface area contributed by atoms with Crippen molar-refractivity contribution in [1.29, 1.82) is 0 Å². The number of hydrogen-bond donors (Lipinski definition) is 14. The highest BCUT2D eigenvalue weighted by atomic mass is 32.3. The number of rotatable bonds is 22. The first kappa shape index (κ1) is 72.3. The third-order valence-electron chi connectivity index (χ3n) is 15.2. The average Bonchev–Trinajstić information content (AvgIpc) is 0.734. The fourth-order valence-corrected chi connectivity index (χ4v) is 15.5. The van der Waals surface area contributed by atoms with Crippen molar-refractivity contribution < 1.29 is 110 Å². The summed E-state index contributed by atoms with van der Waals surface area (Å²) < 4.78 is 242. The Morgan fingerprint density at radius 2 is 0.931 bits per heavy atom. The van der Waals surface area contributed by atoms with E-state index in [9.17, 15) is 101 Å². The molecular weight excluding hydrogens is 1490 g/mol. The zero-order valence-corrected chi connectivity index (χ0v) is 56.3. The van der Waals surface area contributed by atoms with Gasteiger partial charge in [0, 0.05) is 40.1 Å². The lowest BCUT2D eigenvalue weighted by atomic mass is 9.82. The Morgan fingerprint density at radius 3 is 1.41 bits per heavy atom. The Morgan fingerprint density at radius 1 is 0.461 bits per heavy atom. The lowest BCUT2D eigenvalue weighted by Crippen LogP contribution is -2.31. The molecule has 0 fully saturated rings. The quantitative estimate of drug-likeness (QED) is 0.0231. The molecule has 45 heteroatoms. The van der Waals surface area contributed by atoms with Crippen LogP contribution in [0.4, 0.5) is 74.7 Å². The van der Waals surface area contributed by atoms with Gasteiger partial charge in [0.2, 0.25) is 17.8 Å². The molecule has 0 bridgehead atoms. The van der Waals surface area contributed by atoms with Crippen molar-refractivity contribution >= 4 is 169 Å². The van der Waals surface area contributed by atoms with Gasteiger partial charge in [-0.25, -0.2) is 12.6 Å². The number of nitrogen functional groups attached to an aromatic ring is 3. The zero-order chi connectivity index (χ0) is 74.3. The van der Waals surface area contributed by atoms with Gasteiger partial charge in [0.25, 0.3) is 50.6 Å². The molecule has 0 saturated carbocycles. The van der Waals surface area contributed by atoms with E-state index in [1.807, 2.05) is 0 Å². The molecule has 8 aromatic rings. The number of ketones is 4. The molecule has 38 nitrogen and oxygen atoms in total. The first-order chi connectivity index (χ1) is 47.5. The lowest BCUT2D eigenvalue weighted by molar-refractivity contribution is 0.0980. The molecule has 530 valence electrons. The van der Waals surface area contributed by atoms with Crippen LogP contribution in [0.2, 0.25) is 0 Å². The predicted molar refractivity (Wildman–Crippen MR) is 358 cm³/mol. The van der Waals surface area contributed by atoms with Crippen molar-refractivity contribution in [2.75, 3.05) is 56.1 Å². The van der Waals surface area contributed by atoms with Crippen LogP contribution >= 0.6 is 0 Å². The van der Waals surface area contributed by atoms with Gasteiger partial charge in [-0.05, 0) is 78.9 Å². The minimum Gasteiger partial charge on any atom is -0.398 e. The maximum Gasteiger partial charge on any atom is 0.397 e. The second-order valence-electron chi connectivity index (χ2n) is 21.8. The van der Waals surface area contributed by atoms with E-state index in [2.05, 4.69) is 55.9 Å². The average molecular weight is 1540 g/mol. The van der Waals surface area contributed by atoms with Crippen LogP contribution in [0.3, 0.4) is 0 Å². The molecule has 102 heavy (non-hydrogen) atoms. The van der Waals surface area contributed by atoms with Gasteiger partial charge in [-0.2, -0.15) is 70.6 Å². The van der Waals surface area contributed by atoms with Crippen LogP contribution in [0, 0.1) is 0 Å². The Bertz CT molecular complexity index is 6020. The Labute approximate surface area is 575 Å². The minimum absolute atomic E-state index is 0.158. The monoisotopic (exact) mass is 1540 g/mol. The van der Waals surface area contributed by atoms with Crippen LogP contribution in [0.5, 0.6) is 0 Å². The number of benzene rings is 7. The summed E-state index contributed by atoms with van der Waals surface area (Å²) in [5.41, 5.74) is 9.52. The van der Waals surface area contributed by atoms with Gasteiger partial charge >= 0.3 is 10.4 Å². The molecule has 1 heterocycles. The van der Waals surface area contributed by atoms with Crippen LogP contribution in [0.1, 0.15) is 70.1 Å². The van der Waals surface area contributed by atoms with E-state index in [0.29, 0.717) is 18.2 Å². The maximum absolute atomic E-state index is 14.2. The number of nitrogens with zero attached hydrogens (tertiary/aromatic N) is 5. The third kappa shape index (κ3) is 14.8. The van der Waals surface area contributed by atoms with Crippen LogP contribution in [-0.2, 0) is 75.0 Å². The number of carbonyl (C=O) groups is 4. The van der Waals surface area contributed by atoms with Crippen LogP contribution in [0.15, 0.2) is 173 Å². The predicted octanol–water partition coefficient (Wildman–Crippen LogP) is 5.35. The van der Waals surface area contributed by atoms with Gasteiger partial charge < -0.3 is 43.8 Å². The number of hydrogen-bond acceptors (Lipinski definition) is 32. The molecule has 0 radical (unpaired) electrons. The largest absolute Gasteiger partial charge is 0.398 e. The van der Waals surface area contributed by atoms with Gasteiger partial charge in [-0.1, -0.05) is 48.5 Å². The molecule has 17 N–H and O–H groups in total. The third-order valence-corrected chi connectivity index (χ3v) is 22.0. The number of allylic oxidation sites excluding steroid dienone is 2. The second kappa shape index (κ2) is 26.2. The molecule has 1 atom stereocenters. The molecule has 11 rings (SSSR count). The van der Waals surface area contributed by atoms with E-state index in [1.54, 1.807) is 0 Å². The summed E-state index contributed by atoms with van der Waals surface area (Å²) in [6, 6.07) is 18.5.